The number of nitrogens with one attached hydrogen (secondary N) is 1. The van der Waals surface area contributed by atoms with Crippen molar-refractivity contribution in [3.05, 3.63) is 21.3 Å². The van der Waals surface area contributed by atoms with Crippen molar-refractivity contribution in [3.63, 3.8) is 0 Å². The molecule has 0 spiro atoms. The van der Waals surface area contributed by atoms with E-state index in [9.17, 15) is 4.79 Å². The van der Waals surface area contributed by atoms with Crippen molar-refractivity contribution < 1.29 is 9.53 Å². The molecule has 0 aliphatic carbocycles. The van der Waals surface area contributed by atoms with E-state index in [1.54, 1.807) is 0 Å². The molecule has 0 radical (unpaired) electrons. The van der Waals surface area contributed by atoms with Gasteiger partial charge in [0.1, 0.15) is 0 Å². The molecule has 96 valence electrons. The van der Waals surface area contributed by atoms with Crippen LogP contribution in [0.3, 0.4) is 0 Å². The summed E-state index contributed by atoms with van der Waals surface area (Å²) in [4.78, 5) is 12.6. The monoisotopic (exact) mass is 276 g/mol. The van der Waals surface area contributed by atoms with Gasteiger partial charge in [-0.2, -0.15) is 0 Å². The van der Waals surface area contributed by atoms with Gasteiger partial charge in [0.05, 0.1) is 23.4 Å². The van der Waals surface area contributed by atoms with Crippen LogP contribution in [-0.4, -0.2) is 25.2 Å². The minimum absolute atomic E-state index is 0.0570. The molecule has 1 rings (SSSR count). The van der Waals surface area contributed by atoms with Gasteiger partial charge in [0, 0.05) is 18.0 Å². The van der Waals surface area contributed by atoms with Crippen molar-refractivity contribution in [1.29, 1.82) is 0 Å². The molecular formula is C11H17ClN2O2S. The van der Waals surface area contributed by atoms with Crippen LogP contribution in [0.1, 0.15) is 18.2 Å². The van der Waals surface area contributed by atoms with E-state index in [1.807, 2.05) is 19.1 Å². The van der Waals surface area contributed by atoms with Gasteiger partial charge < -0.3 is 15.8 Å². The van der Waals surface area contributed by atoms with Crippen molar-refractivity contribution >= 4 is 28.8 Å². The zero-order chi connectivity index (χ0) is 12.7. The number of ether oxygens (including phenoxy) is 1. The van der Waals surface area contributed by atoms with Gasteiger partial charge in [0.25, 0.3) is 0 Å². The number of thiophene rings is 1. The van der Waals surface area contributed by atoms with Crippen LogP contribution in [0.15, 0.2) is 12.1 Å². The van der Waals surface area contributed by atoms with E-state index in [0.717, 1.165) is 9.21 Å². The molecule has 0 aromatic carbocycles. The second kappa shape index (κ2) is 7.66. The van der Waals surface area contributed by atoms with Gasteiger partial charge in [-0.3, -0.25) is 4.79 Å². The Labute approximate surface area is 110 Å². The molecule has 0 saturated heterocycles. The van der Waals surface area contributed by atoms with Crippen molar-refractivity contribution in [2.45, 2.75) is 26.0 Å². The Hall–Kier alpha value is -0.620. The van der Waals surface area contributed by atoms with Crippen LogP contribution in [0, 0.1) is 0 Å². The SMILES string of the molecule is CCOC(CN)CC(=O)NCc1ccc(Cl)s1. The van der Waals surface area contributed by atoms with E-state index in [2.05, 4.69) is 5.32 Å². The van der Waals surface area contributed by atoms with Crippen LogP contribution in [-0.2, 0) is 16.1 Å². The summed E-state index contributed by atoms with van der Waals surface area (Å²) >= 11 is 7.25. The topological polar surface area (TPSA) is 64.3 Å². The number of nitrogens with two attached hydrogens (primary N) is 1. The summed E-state index contributed by atoms with van der Waals surface area (Å²) in [5.41, 5.74) is 5.50. The highest BCUT2D eigenvalue weighted by Gasteiger charge is 2.12. The highest BCUT2D eigenvalue weighted by Crippen LogP contribution is 2.20. The van der Waals surface area contributed by atoms with Gasteiger partial charge in [-0.1, -0.05) is 11.6 Å². The predicted molar refractivity (Wildman–Crippen MR) is 70.3 cm³/mol. The van der Waals surface area contributed by atoms with Crippen LogP contribution >= 0.6 is 22.9 Å². The Morgan fingerprint density at radius 3 is 2.94 bits per heavy atom. The third kappa shape index (κ3) is 5.50. The first kappa shape index (κ1) is 14.4. The van der Waals surface area contributed by atoms with Gasteiger partial charge >= 0.3 is 0 Å². The normalized spacial score (nSPS) is 12.4. The lowest BCUT2D eigenvalue weighted by Gasteiger charge is -2.14. The summed E-state index contributed by atoms with van der Waals surface area (Å²) in [6, 6.07) is 3.72. The van der Waals surface area contributed by atoms with E-state index < -0.39 is 0 Å². The number of hydrogen-bond acceptors (Lipinski definition) is 4. The maximum Gasteiger partial charge on any atom is 0.222 e. The van der Waals surface area contributed by atoms with Gasteiger partial charge in [-0.25, -0.2) is 0 Å². The zero-order valence-electron chi connectivity index (χ0n) is 9.74. The number of amides is 1. The maximum absolute atomic E-state index is 11.6. The molecule has 1 amide bonds. The molecule has 1 atom stereocenters. The zero-order valence-corrected chi connectivity index (χ0v) is 11.3. The molecule has 0 saturated carbocycles. The highest BCUT2D eigenvalue weighted by molar-refractivity contribution is 7.16. The Kier molecular flexibility index (Phi) is 6.50. The van der Waals surface area contributed by atoms with Gasteiger partial charge in [0.2, 0.25) is 5.91 Å². The third-order valence-electron chi connectivity index (χ3n) is 2.17. The Morgan fingerprint density at radius 2 is 2.41 bits per heavy atom. The molecular weight excluding hydrogens is 260 g/mol. The van der Waals surface area contributed by atoms with Crippen molar-refractivity contribution in [3.8, 4) is 0 Å². The molecule has 0 aliphatic rings. The van der Waals surface area contributed by atoms with Gasteiger partial charge in [0.15, 0.2) is 0 Å². The van der Waals surface area contributed by atoms with Gasteiger partial charge in [-0.15, -0.1) is 11.3 Å². The summed E-state index contributed by atoms with van der Waals surface area (Å²) in [5, 5.41) is 2.81. The molecule has 0 fully saturated rings. The van der Waals surface area contributed by atoms with E-state index >= 15 is 0 Å². The van der Waals surface area contributed by atoms with Crippen LogP contribution in [0.2, 0.25) is 4.34 Å². The molecule has 6 heteroatoms. The summed E-state index contributed by atoms with van der Waals surface area (Å²) < 4.78 is 6.04. The molecule has 1 aromatic heterocycles. The Bertz CT molecular complexity index is 357. The Balaban J connectivity index is 2.29. The predicted octanol–water partition coefficient (Wildman–Crippen LogP) is 1.77. The molecule has 0 bridgehead atoms. The van der Waals surface area contributed by atoms with Gasteiger partial charge in [-0.05, 0) is 19.1 Å². The van der Waals surface area contributed by atoms with Crippen LogP contribution in [0.4, 0.5) is 0 Å². The van der Waals surface area contributed by atoms with Crippen molar-refractivity contribution in [1.82, 2.24) is 5.32 Å². The smallest absolute Gasteiger partial charge is 0.222 e. The van der Waals surface area contributed by atoms with E-state index in [1.165, 1.54) is 11.3 Å². The lowest BCUT2D eigenvalue weighted by Crippen LogP contribution is -2.32. The lowest BCUT2D eigenvalue weighted by molar-refractivity contribution is -0.123. The summed E-state index contributed by atoms with van der Waals surface area (Å²) in [7, 11) is 0. The number of carbonyl (C=O) groups is 1. The largest absolute Gasteiger partial charge is 0.377 e. The lowest BCUT2D eigenvalue weighted by atomic mass is 10.2. The minimum Gasteiger partial charge on any atom is -0.377 e. The molecule has 3 N–H and O–H groups in total. The fourth-order valence-corrected chi connectivity index (χ4v) is 2.38. The average Bonchev–Trinajstić information content (AvgIpc) is 2.72. The van der Waals surface area contributed by atoms with E-state index in [0.29, 0.717) is 26.1 Å². The first-order valence-electron chi connectivity index (χ1n) is 5.48. The Morgan fingerprint density at radius 1 is 1.65 bits per heavy atom. The maximum atomic E-state index is 11.6. The number of halogens is 1. The molecule has 1 heterocycles. The molecule has 1 aromatic rings. The van der Waals surface area contributed by atoms with Crippen LogP contribution < -0.4 is 11.1 Å². The molecule has 4 nitrogen and oxygen atoms in total. The first-order valence-corrected chi connectivity index (χ1v) is 6.67. The summed E-state index contributed by atoms with van der Waals surface area (Å²) in [5.74, 6) is -0.0570. The minimum atomic E-state index is -0.202. The fraction of sp³-hybridized carbons (Fsp3) is 0.545. The number of hydrogen-bond donors (Lipinski definition) is 2. The summed E-state index contributed by atoms with van der Waals surface area (Å²) in [6.07, 6.45) is 0.0932. The molecule has 17 heavy (non-hydrogen) atoms. The first-order chi connectivity index (χ1) is 8.15. The van der Waals surface area contributed by atoms with E-state index in [4.69, 9.17) is 22.1 Å². The molecule has 0 aliphatic heterocycles. The third-order valence-corrected chi connectivity index (χ3v) is 3.40. The van der Waals surface area contributed by atoms with Crippen LogP contribution in [0.25, 0.3) is 0 Å². The quantitative estimate of drug-likeness (QED) is 0.798. The standard InChI is InChI=1S/C11H17ClN2O2S/c1-2-16-8(6-13)5-11(15)14-7-9-3-4-10(12)17-9/h3-4,8H,2,5-7,13H2,1H3,(H,14,15). The number of carbonyl (C=O) groups excluding carboxylic acids is 1. The molecule has 1 unspecified atom stereocenters. The fourth-order valence-electron chi connectivity index (χ4n) is 1.36. The number of rotatable bonds is 7. The second-order valence-electron chi connectivity index (χ2n) is 3.50. The average molecular weight is 277 g/mol. The highest BCUT2D eigenvalue weighted by atomic mass is 35.5. The van der Waals surface area contributed by atoms with Crippen LogP contribution in [0.5, 0.6) is 0 Å². The second-order valence-corrected chi connectivity index (χ2v) is 5.30. The van der Waals surface area contributed by atoms with Crippen molar-refractivity contribution in [2.75, 3.05) is 13.2 Å². The van der Waals surface area contributed by atoms with Crippen molar-refractivity contribution in [2.24, 2.45) is 5.73 Å². The summed E-state index contributed by atoms with van der Waals surface area (Å²) in [6.45, 7) is 3.30. The van der Waals surface area contributed by atoms with E-state index in [-0.39, 0.29) is 12.0 Å².